The fourth-order valence-electron chi connectivity index (χ4n) is 2.42. The van der Waals surface area contributed by atoms with Crippen LogP contribution < -0.4 is 4.74 Å². The summed E-state index contributed by atoms with van der Waals surface area (Å²) in [5.41, 5.74) is 0.196. The first-order chi connectivity index (χ1) is 11.4. The molecule has 1 aliphatic rings. The van der Waals surface area contributed by atoms with Gasteiger partial charge in [0.2, 0.25) is 5.88 Å². The third-order valence-electron chi connectivity index (χ3n) is 3.78. The highest BCUT2D eigenvalue weighted by Gasteiger charge is 2.38. The molecule has 24 heavy (non-hydrogen) atoms. The fraction of sp³-hybridized carbons (Fsp3) is 0.353. The van der Waals surface area contributed by atoms with Crippen molar-refractivity contribution in [3.63, 3.8) is 0 Å². The van der Waals surface area contributed by atoms with Crippen molar-refractivity contribution in [3.05, 3.63) is 58.2 Å². The number of alkyl halides is 3. The monoisotopic (exact) mass is 401 g/mol. The highest BCUT2D eigenvalue weighted by molar-refractivity contribution is 9.10. The summed E-state index contributed by atoms with van der Waals surface area (Å²) < 4.78 is 50.5. The van der Waals surface area contributed by atoms with Gasteiger partial charge in [0, 0.05) is 23.5 Å². The number of rotatable bonds is 5. The van der Waals surface area contributed by atoms with Gasteiger partial charge in [-0.2, -0.15) is 13.2 Å². The molecule has 1 saturated carbocycles. The Morgan fingerprint density at radius 2 is 1.83 bits per heavy atom. The zero-order valence-electron chi connectivity index (χ0n) is 12.6. The van der Waals surface area contributed by atoms with Crippen LogP contribution in [0, 0.1) is 0 Å². The van der Waals surface area contributed by atoms with Gasteiger partial charge < -0.3 is 9.47 Å². The summed E-state index contributed by atoms with van der Waals surface area (Å²) in [6.07, 6.45) is -2.39. The molecule has 1 fully saturated rings. The predicted molar refractivity (Wildman–Crippen MR) is 85.6 cm³/mol. The van der Waals surface area contributed by atoms with E-state index in [0.717, 1.165) is 11.6 Å². The van der Waals surface area contributed by atoms with Gasteiger partial charge in [0.25, 0.3) is 0 Å². The Kier molecular flexibility index (Phi) is 5.10. The molecular weight excluding hydrogens is 387 g/mol. The molecule has 0 amide bonds. The average Bonchev–Trinajstić information content (AvgIpc) is 2.50. The molecule has 128 valence electrons. The van der Waals surface area contributed by atoms with E-state index in [4.69, 9.17) is 9.47 Å². The molecule has 0 N–H and O–H groups in total. The summed E-state index contributed by atoms with van der Waals surface area (Å²) in [4.78, 5) is 3.76. The van der Waals surface area contributed by atoms with Crippen LogP contribution in [-0.4, -0.2) is 17.2 Å². The van der Waals surface area contributed by atoms with Crippen LogP contribution in [0.2, 0.25) is 0 Å². The molecule has 7 heteroatoms. The third kappa shape index (κ3) is 4.27. The molecule has 0 atom stereocenters. The van der Waals surface area contributed by atoms with E-state index in [0.29, 0.717) is 19.4 Å². The highest BCUT2D eigenvalue weighted by atomic mass is 79.9. The Morgan fingerprint density at radius 1 is 1.12 bits per heavy atom. The SMILES string of the molecule is FC(F)(F)c1cc(Br)cnc1O[C@H]1C[C@@H](OCc2ccccc2)C1. The lowest BCUT2D eigenvalue weighted by Gasteiger charge is -2.35. The summed E-state index contributed by atoms with van der Waals surface area (Å²) in [5.74, 6) is -0.378. The van der Waals surface area contributed by atoms with E-state index in [2.05, 4.69) is 20.9 Å². The Morgan fingerprint density at radius 3 is 2.50 bits per heavy atom. The molecule has 0 spiro atoms. The smallest absolute Gasteiger partial charge is 0.421 e. The molecule has 1 aromatic heterocycles. The van der Waals surface area contributed by atoms with Gasteiger partial charge in [0.15, 0.2) is 0 Å². The standard InChI is InChI=1S/C17H15BrF3NO2/c18-12-6-15(17(19,20)21)16(22-9-12)24-14-7-13(8-14)23-10-11-4-2-1-3-5-11/h1-6,9,13-14H,7-8,10H2/t13-,14+. The lowest BCUT2D eigenvalue weighted by molar-refractivity contribution is -0.141. The summed E-state index contributed by atoms with van der Waals surface area (Å²) in [6, 6.07) is 10.7. The topological polar surface area (TPSA) is 31.4 Å². The fourth-order valence-corrected chi connectivity index (χ4v) is 2.75. The van der Waals surface area contributed by atoms with Crippen molar-refractivity contribution in [2.24, 2.45) is 0 Å². The van der Waals surface area contributed by atoms with Crippen LogP contribution in [0.5, 0.6) is 5.88 Å². The number of nitrogens with zero attached hydrogens (tertiary/aromatic N) is 1. The van der Waals surface area contributed by atoms with Crippen LogP contribution in [0.15, 0.2) is 47.1 Å². The number of aromatic nitrogens is 1. The maximum Gasteiger partial charge on any atom is 0.421 e. The van der Waals surface area contributed by atoms with Gasteiger partial charge in [-0.15, -0.1) is 0 Å². The number of benzene rings is 1. The summed E-state index contributed by atoms with van der Waals surface area (Å²) in [5, 5.41) is 0. The van der Waals surface area contributed by atoms with E-state index in [1.165, 1.54) is 6.20 Å². The minimum absolute atomic E-state index is 0.00000814. The minimum atomic E-state index is -4.50. The number of halogens is 4. The van der Waals surface area contributed by atoms with Crippen LogP contribution in [0.3, 0.4) is 0 Å². The van der Waals surface area contributed by atoms with E-state index in [-0.39, 0.29) is 22.6 Å². The van der Waals surface area contributed by atoms with E-state index in [9.17, 15) is 13.2 Å². The lowest BCUT2D eigenvalue weighted by Crippen LogP contribution is -2.40. The number of hydrogen-bond acceptors (Lipinski definition) is 3. The average molecular weight is 402 g/mol. The van der Waals surface area contributed by atoms with Crippen molar-refractivity contribution in [2.75, 3.05) is 0 Å². The van der Waals surface area contributed by atoms with Crippen LogP contribution >= 0.6 is 15.9 Å². The molecule has 0 aliphatic heterocycles. The second-order valence-corrected chi connectivity index (χ2v) is 6.55. The summed E-state index contributed by atoms with van der Waals surface area (Å²) >= 11 is 3.00. The summed E-state index contributed by atoms with van der Waals surface area (Å²) in [7, 11) is 0. The largest absolute Gasteiger partial charge is 0.474 e. The van der Waals surface area contributed by atoms with E-state index < -0.39 is 11.7 Å². The molecule has 0 unspecified atom stereocenters. The first-order valence-corrected chi connectivity index (χ1v) is 8.26. The van der Waals surface area contributed by atoms with Crippen molar-refractivity contribution in [2.45, 2.75) is 37.8 Å². The molecule has 1 aliphatic carbocycles. The molecular formula is C17H15BrF3NO2. The van der Waals surface area contributed by atoms with Gasteiger partial charge >= 0.3 is 6.18 Å². The van der Waals surface area contributed by atoms with Gasteiger partial charge in [-0.25, -0.2) is 4.98 Å². The molecule has 0 saturated heterocycles. The molecule has 1 heterocycles. The highest BCUT2D eigenvalue weighted by Crippen LogP contribution is 2.38. The molecule has 3 rings (SSSR count). The Balaban J connectivity index is 1.53. The lowest BCUT2D eigenvalue weighted by atomic mass is 9.92. The zero-order valence-corrected chi connectivity index (χ0v) is 14.2. The number of pyridine rings is 1. The number of hydrogen-bond donors (Lipinski definition) is 0. The van der Waals surface area contributed by atoms with Crippen LogP contribution in [0.25, 0.3) is 0 Å². The first-order valence-electron chi connectivity index (χ1n) is 7.47. The van der Waals surface area contributed by atoms with Crippen molar-refractivity contribution in [3.8, 4) is 5.88 Å². The molecule has 1 aromatic carbocycles. The van der Waals surface area contributed by atoms with Gasteiger partial charge in [0.1, 0.15) is 11.7 Å². The predicted octanol–water partition coefficient (Wildman–Crippen LogP) is 4.99. The zero-order chi connectivity index (χ0) is 17.2. The first kappa shape index (κ1) is 17.2. The van der Waals surface area contributed by atoms with Gasteiger partial charge in [-0.05, 0) is 27.6 Å². The molecule has 0 radical (unpaired) electrons. The van der Waals surface area contributed by atoms with Gasteiger partial charge in [-0.3, -0.25) is 0 Å². The Labute approximate surface area is 145 Å². The van der Waals surface area contributed by atoms with Crippen molar-refractivity contribution >= 4 is 15.9 Å². The van der Waals surface area contributed by atoms with Crippen LogP contribution in [0.4, 0.5) is 13.2 Å². The minimum Gasteiger partial charge on any atom is -0.474 e. The van der Waals surface area contributed by atoms with Crippen molar-refractivity contribution in [1.29, 1.82) is 0 Å². The van der Waals surface area contributed by atoms with E-state index in [1.54, 1.807) is 0 Å². The van der Waals surface area contributed by atoms with Crippen molar-refractivity contribution < 1.29 is 22.6 Å². The maximum absolute atomic E-state index is 13.0. The van der Waals surface area contributed by atoms with Crippen LogP contribution in [-0.2, 0) is 17.5 Å². The quantitative estimate of drug-likeness (QED) is 0.706. The molecule has 3 nitrogen and oxygen atoms in total. The second-order valence-electron chi connectivity index (χ2n) is 5.63. The van der Waals surface area contributed by atoms with E-state index in [1.807, 2.05) is 30.3 Å². The van der Waals surface area contributed by atoms with E-state index >= 15 is 0 Å². The molecule has 0 bridgehead atoms. The normalized spacial score (nSPS) is 20.5. The Bertz CT molecular complexity index is 688. The third-order valence-corrected chi connectivity index (χ3v) is 4.22. The van der Waals surface area contributed by atoms with Crippen molar-refractivity contribution in [1.82, 2.24) is 4.98 Å². The Hall–Kier alpha value is -1.60. The maximum atomic E-state index is 13.0. The van der Waals surface area contributed by atoms with Gasteiger partial charge in [-0.1, -0.05) is 30.3 Å². The summed E-state index contributed by atoms with van der Waals surface area (Å²) in [6.45, 7) is 0.489. The number of ether oxygens (including phenoxy) is 2. The van der Waals surface area contributed by atoms with Crippen LogP contribution in [0.1, 0.15) is 24.0 Å². The van der Waals surface area contributed by atoms with Gasteiger partial charge in [0.05, 0.1) is 12.7 Å². The molecule has 2 aromatic rings. The second kappa shape index (κ2) is 7.11.